The maximum absolute atomic E-state index is 9.38. The first-order chi connectivity index (χ1) is 6.76. The minimum Gasteiger partial charge on any atom is -0.393 e. The van der Waals surface area contributed by atoms with Crippen molar-refractivity contribution in [2.24, 2.45) is 0 Å². The Morgan fingerprint density at radius 1 is 1.36 bits per heavy atom. The quantitative estimate of drug-likeness (QED) is 0.738. The lowest BCUT2D eigenvalue weighted by atomic mass is 9.83. The highest BCUT2D eigenvalue weighted by Gasteiger charge is 2.36. The van der Waals surface area contributed by atoms with Gasteiger partial charge in [0, 0.05) is 19.6 Å². The number of ether oxygens (including phenoxy) is 2. The van der Waals surface area contributed by atoms with Crippen LogP contribution < -0.4 is 0 Å². The SMILES string of the molecule is CCOC1CCCC(CO)(OCC)C1. The highest BCUT2D eigenvalue weighted by atomic mass is 16.5. The molecule has 0 amide bonds. The van der Waals surface area contributed by atoms with Gasteiger partial charge in [0.25, 0.3) is 0 Å². The molecule has 0 saturated heterocycles. The molecule has 1 aliphatic carbocycles. The van der Waals surface area contributed by atoms with Gasteiger partial charge in [-0.3, -0.25) is 0 Å². The molecule has 1 aliphatic rings. The van der Waals surface area contributed by atoms with Crippen molar-refractivity contribution in [3.8, 4) is 0 Å². The summed E-state index contributed by atoms with van der Waals surface area (Å²) in [5, 5.41) is 9.38. The Morgan fingerprint density at radius 3 is 2.71 bits per heavy atom. The summed E-state index contributed by atoms with van der Waals surface area (Å²) < 4.78 is 11.3. The fraction of sp³-hybridized carbons (Fsp3) is 1.00. The van der Waals surface area contributed by atoms with E-state index in [0.29, 0.717) is 6.61 Å². The van der Waals surface area contributed by atoms with E-state index < -0.39 is 0 Å². The summed E-state index contributed by atoms with van der Waals surface area (Å²) >= 11 is 0. The summed E-state index contributed by atoms with van der Waals surface area (Å²) in [4.78, 5) is 0. The lowest BCUT2D eigenvalue weighted by Gasteiger charge is -2.39. The number of aliphatic hydroxyl groups excluding tert-OH is 1. The van der Waals surface area contributed by atoms with Gasteiger partial charge >= 0.3 is 0 Å². The first-order valence-corrected chi connectivity index (χ1v) is 5.62. The molecule has 0 spiro atoms. The Bertz CT molecular complexity index is 155. The van der Waals surface area contributed by atoms with Crippen LogP contribution in [-0.2, 0) is 9.47 Å². The fourth-order valence-corrected chi connectivity index (χ4v) is 2.28. The van der Waals surface area contributed by atoms with Crippen molar-refractivity contribution in [1.82, 2.24) is 0 Å². The summed E-state index contributed by atoms with van der Waals surface area (Å²) in [5.74, 6) is 0. The second-order valence-electron chi connectivity index (χ2n) is 3.95. The molecular weight excluding hydrogens is 180 g/mol. The van der Waals surface area contributed by atoms with E-state index >= 15 is 0 Å². The van der Waals surface area contributed by atoms with Crippen molar-refractivity contribution >= 4 is 0 Å². The zero-order valence-electron chi connectivity index (χ0n) is 9.29. The number of hydrogen-bond acceptors (Lipinski definition) is 3. The van der Waals surface area contributed by atoms with Gasteiger partial charge in [0.05, 0.1) is 18.3 Å². The molecule has 0 aliphatic heterocycles. The molecule has 3 nitrogen and oxygen atoms in total. The minimum absolute atomic E-state index is 0.115. The molecule has 0 radical (unpaired) electrons. The molecule has 0 aromatic carbocycles. The van der Waals surface area contributed by atoms with Crippen molar-refractivity contribution in [2.75, 3.05) is 19.8 Å². The van der Waals surface area contributed by atoms with Gasteiger partial charge in [-0.15, -0.1) is 0 Å². The first kappa shape index (κ1) is 12.0. The molecule has 2 unspecified atom stereocenters. The Morgan fingerprint density at radius 2 is 2.14 bits per heavy atom. The van der Waals surface area contributed by atoms with Crippen LogP contribution >= 0.6 is 0 Å². The molecule has 2 atom stereocenters. The summed E-state index contributed by atoms with van der Waals surface area (Å²) in [5.41, 5.74) is -0.327. The molecule has 1 saturated carbocycles. The third-order valence-corrected chi connectivity index (χ3v) is 2.90. The van der Waals surface area contributed by atoms with Crippen LogP contribution in [0.1, 0.15) is 39.5 Å². The highest BCUT2D eigenvalue weighted by molar-refractivity contribution is 4.88. The van der Waals surface area contributed by atoms with E-state index in [4.69, 9.17) is 9.47 Å². The third kappa shape index (κ3) is 2.94. The van der Waals surface area contributed by atoms with E-state index in [9.17, 15) is 5.11 Å². The van der Waals surface area contributed by atoms with Gasteiger partial charge in [-0.1, -0.05) is 0 Å². The van der Waals surface area contributed by atoms with Crippen LogP contribution in [0.15, 0.2) is 0 Å². The van der Waals surface area contributed by atoms with Crippen LogP contribution in [0, 0.1) is 0 Å². The van der Waals surface area contributed by atoms with Gasteiger partial charge < -0.3 is 14.6 Å². The van der Waals surface area contributed by atoms with Crippen LogP contribution in [0.4, 0.5) is 0 Å². The smallest absolute Gasteiger partial charge is 0.0936 e. The molecule has 0 aromatic rings. The Labute approximate surface area is 86.4 Å². The third-order valence-electron chi connectivity index (χ3n) is 2.90. The Hall–Kier alpha value is -0.120. The molecule has 14 heavy (non-hydrogen) atoms. The van der Waals surface area contributed by atoms with Crippen LogP contribution in [-0.4, -0.2) is 36.6 Å². The van der Waals surface area contributed by atoms with Crippen molar-refractivity contribution in [3.05, 3.63) is 0 Å². The molecule has 1 N–H and O–H groups in total. The predicted molar refractivity (Wildman–Crippen MR) is 55.3 cm³/mol. The summed E-state index contributed by atoms with van der Waals surface area (Å²) in [7, 11) is 0. The van der Waals surface area contributed by atoms with Crippen LogP contribution in [0.2, 0.25) is 0 Å². The van der Waals surface area contributed by atoms with Gasteiger partial charge in [-0.25, -0.2) is 0 Å². The Balaban J connectivity index is 2.49. The van der Waals surface area contributed by atoms with E-state index in [-0.39, 0.29) is 18.3 Å². The zero-order chi connectivity index (χ0) is 10.4. The second kappa shape index (κ2) is 5.69. The predicted octanol–water partition coefficient (Wildman–Crippen LogP) is 1.73. The van der Waals surface area contributed by atoms with E-state index in [0.717, 1.165) is 32.3 Å². The average molecular weight is 202 g/mol. The van der Waals surface area contributed by atoms with Crippen LogP contribution in [0.5, 0.6) is 0 Å². The second-order valence-corrected chi connectivity index (χ2v) is 3.95. The molecule has 1 rings (SSSR count). The molecule has 0 bridgehead atoms. The van der Waals surface area contributed by atoms with E-state index in [2.05, 4.69) is 0 Å². The molecular formula is C11H22O3. The zero-order valence-corrected chi connectivity index (χ0v) is 9.29. The number of hydrogen-bond donors (Lipinski definition) is 1. The maximum atomic E-state index is 9.38. The number of rotatable bonds is 5. The van der Waals surface area contributed by atoms with E-state index in [1.807, 2.05) is 13.8 Å². The normalized spacial score (nSPS) is 33.2. The largest absolute Gasteiger partial charge is 0.393 e. The first-order valence-electron chi connectivity index (χ1n) is 5.62. The van der Waals surface area contributed by atoms with Gasteiger partial charge in [-0.05, 0) is 33.1 Å². The lowest BCUT2D eigenvalue weighted by Crippen LogP contribution is -2.44. The summed E-state index contributed by atoms with van der Waals surface area (Å²) in [6, 6.07) is 0. The summed E-state index contributed by atoms with van der Waals surface area (Å²) in [6.07, 6.45) is 4.26. The fourth-order valence-electron chi connectivity index (χ4n) is 2.28. The average Bonchev–Trinajstić information content (AvgIpc) is 2.19. The monoisotopic (exact) mass is 202 g/mol. The van der Waals surface area contributed by atoms with Crippen molar-refractivity contribution in [2.45, 2.75) is 51.2 Å². The number of aliphatic hydroxyl groups is 1. The van der Waals surface area contributed by atoms with Crippen LogP contribution in [0.3, 0.4) is 0 Å². The van der Waals surface area contributed by atoms with Gasteiger partial charge in [-0.2, -0.15) is 0 Å². The minimum atomic E-state index is -0.327. The molecule has 0 heterocycles. The topological polar surface area (TPSA) is 38.7 Å². The van der Waals surface area contributed by atoms with Crippen LogP contribution in [0.25, 0.3) is 0 Å². The molecule has 3 heteroatoms. The van der Waals surface area contributed by atoms with Gasteiger partial charge in [0.15, 0.2) is 0 Å². The van der Waals surface area contributed by atoms with Gasteiger partial charge in [0.1, 0.15) is 0 Å². The standard InChI is InChI=1S/C11H22O3/c1-3-13-10-6-5-7-11(8-10,9-12)14-4-2/h10,12H,3-9H2,1-2H3. The highest BCUT2D eigenvalue weighted by Crippen LogP contribution is 2.32. The summed E-state index contributed by atoms with van der Waals surface area (Å²) in [6.45, 7) is 5.51. The van der Waals surface area contributed by atoms with Crippen molar-refractivity contribution in [3.63, 3.8) is 0 Å². The van der Waals surface area contributed by atoms with Gasteiger partial charge in [0.2, 0.25) is 0 Å². The lowest BCUT2D eigenvalue weighted by molar-refractivity contribution is -0.130. The van der Waals surface area contributed by atoms with Crippen molar-refractivity contribution < 1.29 is 14.6 Å². The van der Waals surface area contributed by atoms with E-state index in [1.54, 1.807) is 0 Å². The Kier molecular flexibility index (Phi) is 4.85. The molecule has 84 valence electrons. The molecule has 0 aromatic heterocycles. The maximum Gasteiger partial charge on any atom is 0.0936 e. The van der Waals surface area contributed by atoms with Crippen molar-refractivity contribution in [1.29, 1.82) is 0 Å². The molecule has 1 fully saturated rings. The van der Waals surface area contributed by atoms with E-state index in [1.165, 1.54) is 0 Å².